The van der Waals surface area contributed by atoms with E-state index in [-0.39, 0.29) is 5.91 Å². The number of carbonyl (C=O) groups excluding carboxylic acids is 1. The van der Waals surface area contributed by atoms with Gasteiger partial charge in [-0.2, -0.15) is 5.10 Å². The molecule has 0 fully saturated rings. The maximum absolute atomic E-state index is 12.4. The van der Waals surface area contributed by atoms with Gasteiger partial charge in [-0.05, 0) is 43.5 Å². The van der Waals surface area contributed by atoms with Crippen LogP contribution >= 0.6 is 0 Å². The molecule has 4 aromatic rings. The molecular formula is C23H24N4O. The van der Waals surface area contributed by atoms with E-state index in [1.165, 1.54) is 5.39 Å². The summed E-state index contributed by atoms with van der Waals surface area (Å²) < 4.78 is 4.06. The van der Waals surface area contributed by atoms with Crippen molar-refractivity contribution in [2.45, 2.75) is 33.4 Å². The van der Waals surface area contributed by atoms with Crippen LogP contribution in [0, 0.1) is 13.8 Å². The van der Waals surface area contributed by atoms with Gasteiger partial charge in [-0.15, -0.1) is 0 Å². The molecule has 4 rings (SSSR count). The molecule has 0 radical (unpaired) electrons. The van der Waals surface area contributed by atoms with E-state index in [4.69, 9.17) is 0 Å². The van der Waals surface area contributed by atoms with Crippen LogP contribution in [0.15, 0.2) is 66.9 Å². The van der Waals surface area contributed by atoms with Crippen molar-refractivity contribution in [1.82, 2.24) is 19.7 Å². The monoisotopic (exact) mass is 372 g/mol. The summed E-state index contributed by atoms with van der Waals surface area (Å²) in [7, 11) is 0. The highest BCUT2D eigenvalue weighted by atomic mass is 16.1. The fraction of sp³-hybridized carbons (Fsp3) is 0.217. The topological polar surface area (TPSA) is 51.9 Å². The highest BCUT2D eigenvalue weighted by molar-refractivity contribution is 5.80. The molecule has 0 bridgehead atoms. The van der Waals surface area contributed by atoms with Gasteiger partial charge in [-0.1, -0.05) is 36.4 Å². The second-order valence-corrected chi connectivity index (χ2v) is 6.99. The highest BCUT2D eigenvalue weighted by Gasteiger charge is 2.13. The molecule has 5 nitrogen and oxygen atoms in total. The van der Waals surface area contributed by atoms with Crippen molar-refractivity contribution in [3.63, 3.8) is 0 Å². The molecule has 0 aliphatic heterocycles. The maximum Gasteiger partial charge on any atom is 0.222 e. The molecule has 0 spiro atoms. The quantitative estimate of drug-likeness (QED) is 0.553. The van der Waals surface area contributed by atoms with Crippen LogP contribution in [0.4, 0.5) is 0 Å². The standard InChI is InChI=1S/C23H24N4O/c1-17-21(18(2)27(25-17)20-9-4-3-5-10-20)16-24-23(28)13-15-26-14-12-19-8-6-7-11-22(19)26/h3-12,14H,13,15-16H2,1-2H3,(H,24,28). The van der Waals surface area contributed by atoms with Crippen LogP contribution in [-0.4, -0.2) is 20.3 Å². The van der Waals surface area contributed by atoms with E-state index in [1.54, 1.807) is 0 Å². The number of hydrogen-bond donors (Lipinski definition) is 1. The first-order chi connectivity index (χ1) is 13.6. The van der Waals surface area contributed by atoms with E-state index in [0.717, 1.165) is 28.2 Å². The van der Waals surface area contributed by atoms with Crippen LogP contribution < -0.4 is 5.32 Å². The largest absolute Gasteiger partial charge is 0.352 e. The van der Waals surface area contributed by atoms with Crippen LogP contribution in [0.25, 0.3) is 16.6 Å². The minimum atomic E-state index is 0.0454. The van der Waals surface area contributed by atoms with Crippen LogP contribution in [0.5, 0.6) is 0 Å². The molecule has 0 atom stereocenters. The third kappa shape index (κ3) is 3.56. The maximum atomic E-state index is 12.4. The Morgan fingerprint density at radius 1 is 1.00 bits per heavy atom. The molecule has 28 heavy (non-hydrogen) atoms. The van der Waals surface area contributed by atoms with Crippen LogP contribution in [0.1, 0.15) is 23.4 Å². The molecule has 0 saturated carbocycles. The van der Waals surface area contributed by atoms with Crippen molar-refractivity contribution in [3.05, 3.63) is 83.8 Å². The normalized spacial score (nSPS) is 11.1. The Balaban J connectivity index is 1.39. The Hall–Kier alpha value is -3.34. The number of benzene rings is 2. The number of aryl methyl sites for hydroxylation is 2. The number of hydrogen-bond acceptors (Lipinski definition) is 2. The van der Waals surface area contributed by atoms with E-state index in [0.29, 0.717) is 19.5 Å². The SMILES string of the molecule is Cc1nn(-c2ccccc2)c(C)c1CNC(=O)CCn1ccc2ccccc21. The second kappa shape index (κ2) is 7.72. The first kappa shape index (κ1) is 18.0. The fourth-order valence-corrected chi connectivity index (χ4v) is 3.58. The lowest BCUT2D eigenvalue weighted by Gasteiger charge is -2.08. The van der Waals surface area contributed by atoms with Crippen molar-refractivity contribution in [2.75, 3.05) is 0 Å². The lowest BCUT2D eigenvalue weighted by molar-refractivity contribution is -0.121. The second-order valence-electron chi connectivity index (χ2n) is 6.99. The molecule has 2 heterocycles. The number of nitrogens with one attached hydrogen (secondary N) is 1. The Bertz CT molecular complexity index is 1110. The first-order valence-electron chi connectivity index (χ1n) is 9.54. The molecule has 0 aliphatic rings. The Morgan fingerprint density at radius 2 is 1.75 bits per heavy atom. The lowest BCUT2D eigenvalue weighted by Crippen LogP contribution is -2.24. The Kier molecular flexibility index (Phi) is 4.98. The number of nitrogens with zero attached hydrogens (tertiary/aromatic N) is 3. The van der Waals surface area contributed by atoms with Crippen molar-refractivity contribution in [3.8, 4) is 5.69 Å². The summed E-state index contributed by atoms with van der Waals surface area (Å²) in [6, 6.07) is 20.3. The molecule has 0 aliphatic carbocycles. The smallest absolute Gasteiger partial charge is 0.222 e. The van der Waals surface area contributed by atoms with Gasteiger partial charge in [0.25, 0.3) is 0 Å². The molecule has 0 unspecified atom stereocenters. The molecular weight excluding hydrogens is 348 g/mol. The number of carbonyl (C=O) groups is 1. The van der Waals surface area contributed by atoms with E-state index < -0.39 is 0 Å². The summed E-state index contributed by atoms with van der Waals surface area (Å²) >= 11 is 0. The van der Waals surface area contributed by atoms with Gasteiger partial charge >= 0.3 is 0 Å². The van der Waals surface area contributed by atoms with Crippen molar-refractivity contribution in [2.24, 2.45) is 0 Å². The summed E-state index contributed by atoms with van der Waals surface area (Å²) in [5.74, 6) is 0.0454. The van der Waals surface area contributed by atoms with Crippen LogP contribution in [0.2, 0.25) is 0 Å². The van der Waals surface area contributed by atoms with Gasteiger partial charge in [0.15, 0.2) is 0 Å². The average molecular weight is 372 g/mol. The molecule has 2 aromatic heterocycles. The third-order valence-electron chi connectivity index (χ3n) is 5.16. The van der Waals surface area contributed by atoms with Crippen LogP contribution in [-0.2, 0) is 17.9 Å². The van der Waals surface area contributed by atoms with E-state index in [2.05, 4.69) is 33.2 Å². The predicted molar refractivity (Wildman–Crippen MR) is 111 cm³/mol. The minimum absolute atomic E-state index is 0.0454. The Morgan fingerprint density at radius 3 is 2.57 bits per heavy atom. The van der Waals surface area contributed by atoms with Gasteiger partial charge in [0.2, 0.25) is 5.91 Å². The highest BCUT2D eigenvalue weighted by Crippen LogP contribution is 2.18. The van der Waals surface area contributed by atoms with E-state index >= 15 is 0 Å². The zero-order valence-electron chi connectivity index (χ0n) is 16.2. The predicted octanol–water partition coefficient (Wildman–Crippen LogP) is 4.15. The summed E-state index contributed by atoms with van der Waals surface area (Å²) in [5, 5.41) is 8.89. The number of aromatic nitrogens is 3. The number of rotatable bonds is 6. The van der Waals surface area contributed by atoms with Gasteiger partial charge in [0.1, 0.15) is 0 Å². The molecule has 142 valence electrons. The van der Waals surface area contributed by atoms with Crippen molar-refractivity contribution < 1.29 is 4.79 Å². The zero-order chi connectivity index (χ0) is 19.5. The van der Waals surface area contributed by atoms with Gasteiger partial charge < -0.3 is 9.88 Å². The molecule has 1 amide bonds. The minimum Gasteiger partial charge on any atom is -0.352 e. The molecule has 5 heteroatoms. The lowest BCUT2D eigenvalue weighted by atomic mass is 10.2. The first-order valence-corrected chi connectivity index (χ1v) is 9.54. The Labute approximate surface area is 164 Å². The summed E-state index contributed by atoms with van der Waals surface area (Å²) in [5.41, 5.74) is 5.26. The third-order valence-corrected chi connectivity index (χ3v) is 5.16. The summed E-state index contributed by atoms with van der Waals surface area (Å²) in [6.07, 6.45) is 2.49. The van der Waals surface area contributed by atoms with Gasteiger partial charge in [-0.3, -0.25) is 4.79 Å². The zero-order valence-corrected chi connectivity index (χ0v) is 16.2. The number of fused-ring (bicyclic) bond motifs is 1. The van der Waals surface area contributed by atoms with Gasteiger partial charge in [0.05, 0.1) is 11.4 Å². The van der Waals surface area contributed by atoms with E-state index in [1.807, 2.05) is 67.2 Å². The fourth-order valence-electron chi connectivity index (χ4n) is 3.58. The van der Waals surface area contributed by atoms with Crippen LogP contribution in [0.3, 0.4) is 0 Å². The molecule has 2 aromatic carbocycles. The number of amides is 1. The van der Waals surface area contributed by atoms with Crippen molar-refractivity contribution in [1.29, 1.82) is 0 Å². The van der Waals surface area contributed by atoms with Crippen molar-refractivity contribution >= 4 is 16.8 Å². The average Bonchev–Trinajstić information content (AvgIpc) is 3.26. The summed E-state index contributed by atoms with van der Waals surface area (Å²) in [4.78, 5) is 12.4. The summed E-state index contributed by atoms with van der Waals surface area (Å²) in [6.45, 7) is 5.19. The van der Waals surface area contributed by atoms with Gasteiger partial charge in [-0.25, -0.2) is 4.68 Å². The number of para-hydroxylation sites is 2. The molecule has 0 saturated heterocycles. The van der Waals surface area contributed by atoms with Gasteiger partial charge in [0, 0.05) is 42.5 Å². The molecule has 1 N–H and O–H groups in total. The van der Waals surface area contributed by atoms with E-state index in [9.17, 15) is 4.79 Å².